The number of likely N-dealkylation sites (N-methyl/N-ethyl adjacent to an activating group) is 1. The van der Waals surface area contributed by atoms with Crippen LogP contribution in [0, 0.1) is 0 Å². The average Bonchev–Trinajstić information content (AvgIpc) is 2.50. The molecule has 0 aliphatic heterocycles. The Hall–Kier alpha value is -0.610. The third-order valence-electron chi connectivity index (χ3n) is 2.80. The smallest absolute Gasteiger partial charge is 0.243 e. The molecule has 7 nitrogen and oxygen atoms in total. The van der Waals surface area contributed by atoms with Gasteiger partial charge in [-0.25, -0.2) is 4.99 Å². The third-order valence-corrected chi connectivity index (χ3v) is 2.80. The topological polar surface area (TPSA) is 75.2 Å². The van der Waals surface area contributed by atoms with Crippen LogP contribution in [0.25, 0.3) is 0 Å². The predicted octanol–water partition coefficient (Wildman–Crippen LogP) is 1.08. The van der Waals surface area contributed by atoms with E-state index in [2.05, 4.69) is 15.6 Å². The maximum atomic E-state index is 11.6. The second-order valence-corrected chi connectivity index (χ2v) is 4.91. The molecule has 8 heteroatoms. The van der Waals surface area contributed by atoms with Crippen molar-refractivity contribution >= 4 is 35.8 Å². The first kappa shape index (κ1) is 24.6. The fourth-order valence-corrected chi connectivity index (χ4v) is 1.51. The van der Waals surface area contributed by atoms with E-state index >= 15 is 0 Å². The van der Waals surface area contributed by atoms with Crippen LogP contribution in [0.1, 0.15) is 26.7 Å². The highest BCUT2D eigenvalue weighted by Gasteiger charge is 2.04. The van der Waals surface area contributed by atoms with Crippen molar-refractivity contribution in [1.82, 2.24) is 15.5 Å². The van der Waals surface area contributed by atoms with Crippen molar-refractivity contribution in [3.05, 3.63) is 0 Å². The van der Waals surface area contributed by atoms with Crippen molar-refractivity contribution in [2.75, 3.05) is 60.2 Å². The maximum absolute atomic E-state index is 11.6. The number of guanidine groups is 1. The fraction of sp³-hybridized carbons (Fsp3) is 0.867. The first-order valence-electron chi connectivity index (χ1n) is 7.99. The van der Waals surface area contributed by atoms with E-state index in [9.17, 15) is 4.79 Å². The van der Waals surface area contributed by atoms with E-state index in [0.29, 0.717) is 5.96 Å². The van der Waals surface area contributed by atoms with Crippen molar-refractivity contribution in [2.24, 2.45) is 4.99 Å². The Morgan fingerprint density at radius 3 is 1.87 bits per heavy atom. The minimum absolute atomic E-state index is 0. The summed E-state index contributed by atoms with van der Waals surface area (Å²) in [6.45, 7) is 8.51. The minimum Gasteiger partial charge on any atom is -0.382 e. The van der Waals surface area contributed by atoms with Gasteiger partial charge >= 0.3 is 0 Å². The summed E-state index contributed by atoms with van der Waals surface area (Å²) < 4.78 is 10.6. The van der Waals surface area contributed by atoms with Crippen LogP contribution >= 0.6 is 24.0 Å². The number of carbonyl (C=O) groups is 1. The molecule has 138 valence electrons. The standard InChI is InChI=1S/C15H32N4O3.HI/c1-5-21-11-7-9-16-15(17-10-8-12-22-6-2)18-13-14(20)19(3)4;/h5-13H2,1-4H3,(H2,16,17,18);1H. The normalized spacial score (nSPS) is 9.74. The van der Waals surface area contributed by atoms with Crippen LogP contribution in [0.4, 0.5) is 0 Å². The fourth-order valence-electron chi connectivity index (χ4n) is 1.51. The molecule has 0 saturated carbocycles. The molecule has 0 spiro atoms. The van der Waals surface area contributed by atoms with Crippen LogP contribution in [0.3, 0.4) is 0 Å². The van der Waals surface area contributed by atoms with Gasteiger partial charge < -0.3 is 25.0 Å². The first-order valence-corrected chi connectivity index (χ1v) is 7.99. The van der Waals surface area contributed by atoms with E-state index in [1.54, 1.807) is 14.1 Å². The van der Waals surface area contributed by atoms with Crippen LogP contribution in [-0.4, -0.2) is 76.9 Å². The lowest BCUT2D eigenvalue weighted by atomic mass is 10.4. The van der Waals surface area contributed by atoms with E-state index < -0.39 is 0 Å². The summed E-state index contributed by atoms with van der Waals surface area (Å²) in [6, 6.07) is 0. The van der Waals surface area contributed by atoms with Crippen molar-refractivity contribution in [3.8, 4) is 0 Å². The molecular formula is C15H33IN4O3. The van der Waals surface area contributed by atoms with Crippen LogP contribution in [-0.2, 0) is 14.3 Å². The number of hydrogen-bond acceptors (Lipinski definition) is 4. The van der Waals surface area contributed by atoms with Crippen LogP contribution in [0.15, 0.2) is 4.99 Å². The summed E-state index contributed by atoms with van der Waals surface area (Å²) in [4.78, 5) is 17.4. The molecule has 0 aliphatic rings. The average molecular weight is 444 g/mol. The number of hydrogen-bond donors (Lipinski definition) is 2. The van der Waals surface area contributed by atoms with Gasteiger partial charge in [0.05, 0.1) is 0 Å². The number of carbonyl (C=O) groups excluding carboxylic acids is 1. The Bertz CT molecular complexity index is 299. The van der Waals surface area contributed by atoms with Gasteiger partial charge in [-0.3, -0.25) is 4.79 Å². The molecule has 0 heterocycles. The van der Waals surface area contributed by atoms with Crippen molar-refractivity contribution in [1.29, 1.82) is 0 Å². The SMILES string of the molecule is CCOCCCNC(=NCC(=O)N(C)C)NCCCOCC.I. The highest BCUT2D eigenvalue weighted by atomic mass is 127. The molecule has 0 aromatic heterocycles. The van der Waals surface area contributed by atoms with E-state index in [0.717, 1.165) is 52.4 Å². The lowest BCUT2D eigenvalue weighted by Gasteiger charge is -2.13. The monoisotopic (exact) mass is 444 g/mol. The van der Waals surface area contributed by atoms with Gasteiger partial charge in [-0.15, -0.1) is 24.0 Å². The van der Waals surface area contributed by atoms with Crippen molar-refractivity contribution < 1.29 is 14.3 Å². The number of nitrogens with zero attached hydrogens (tertiary/aromatic N) is 2. The highest BCUT2D eigenvalue weighted by Crippen LogP contribution is 1.85. The second-order valence-electron chi connectivity index (χ2n) is 4.91. The summed E-state index contributed by atoms with van der Waals surface area (Å²) >= 11 is 0. The Morgan fingerprint density at radius 1 is 1.00 bits per heavy atom. The van der Waals surface area contributed by atoms with E-state index in [1.807, 2.05) is 13.8 Å². The van der Waals surface area contributed by atoms with Crippen LogP contribution in [0.2, 0.25) is 0 Å². The molecule has 0 aliphatic carbocycles. The molecule has 0 saturated heterocycles. The van der Waals surface area contributed by atoms with Crippen molar-refractivity contribution in [3.63, 3.8) is 0 Å². The lowest BCUT2D eigenvalue weighted by molar-refractivity contribution is -0.127. The second kappa shape index (κ2) is 17.7. The molecule has 1 amide bonds. The van der Waals surface area contributed by atoms with E-state index in [1.165, 1.54) is 4.90 Å². The molecule has 23 heavy (non-hydrogen) atoms. The quantitative estimate of drug-likeness (QED) is 0.204. The van der Waals surface area contributed by atoms with Gasteiger partial charge in [0.2, 0.25) is 5.91 Å². The highest BCUT2D eigenvalue weighted by molar-refractivity contribution is 14.0. The molecule has 0 unspecified atom stereocenters. The molecule has 0 radical (unpaired) electrons. The zero-order valence-corrected chi connectivity index (χ0v) is 17.2. The van der Waals surface area contributed by atoms with E-state index in [-0.39, 0.29) is 36.4 Å². The molecular weight excluding hydrogens is 411 g/mol. The van der Waals surface area contributed by atoms with Gasteiger partial charge in [0.25, 0.3) is 0 Å². The first-order chi connectivity index (χ1) is 10.6. The molecule has 0 aromatic carbocycles. The zero-order chi connectivity index (χ0) is 16.6. The molecule has 0 bridgehead atoms. The number of rotatable bonds is 12. The number of nitrogens with one attached hydrogen (secondary N) is 2. The van der Waals surface area contributed by atoms with Crippen LogP contribution < -0.4 is 10.6 Å². The number of ether oxygens (including phenoxy) is 2. The summed E-state index contributed by atoms with van der Waals surface area (Å²) in [5, 5.41) is 6.42. The molecule has 0 aromatic rings. The molecule has 0 atom stereocenters. The molecule has 0 rings (SSSR count). The Balaban J connectivity index is 0. The molecule has 0 fully saturated rings. The largest absolute Gasteiger partial charge is 0.382 e. The zero-order valence-electron chi connectivity index (χ0n) is 14.9. The van der Waals surface area contributed by atoms with Crippen molar-refractivity contribution in [2.45, 2.75) is 26.7 Å². The Kier molecular flexibility index (Phi) is 19.0. The number of amides is 1. The molecule has 2 N–H and O–H groups in total. The third kappa shape index (κ3) is 16.0. The minimum atomic E-state index is -0.0234. The van der Waals surface area contributed by atoms with Gasteiger partial charge in [0.1, 0.15) is 6.54 Å². The Morgan fingerprint density at radius 2 is 1.48 bits per heavy atom. The van der Waals surface area contributed by atoms with Gasteiger partial charge in [0.15, 0.2) is 5.96 Å². The number of halogens is 1. The van der Waals surface area contributed by atoms with E-state index in [4.69, 9.17) is 9.47 Å². The Labute approximate surface area is 157 Å². The van der Waals surface area contributed by atoms with Gasteiger partial charge in [-0.05, 0) is 26.7 Å². The summed E-state index contributed by atoms with van der Waals surface area (Å²) in [6.07, 6.45) is 1.80. The lowest BCUT2D eigenvalue weighted by Crippen LogP contribution is -2.40. The predicted molar refractivity (Wildman–Crippen MR) is 105 cm³/mol. The summed E-state index contributed by atoms with van der Waals surface area (Å²) in [5.74, 6) is 0.632. The maximum Gasteiger partial charge on any atom is 0.243 e. The van der Waals surface area contributed by atoms with Gasteiger partial charge in [-0.1, -0.05) is 0 Å². The number of aliphatic imine (C=N–C) groups is 1. The van der Waals surface area contributed by atoms with Gasteiger partial charge in [0, 0.05) is 53.6 Å². The summed E-state index contributed by atoms with van der Waals surface area (Å²) in [5.41, 5.74) is 0. The van der Waals surface area contributed by atoms with Gasteiger partial charge in [-0.2, -0.15) is 0 Å². The summed E-state index contributed by atoms with van der Waals surface area (Å²) in [7, 11) is 3.45. The van der Waals surface area contributed by atoms with Crippen LogP contribution in [0.5, 0.6) is 0 Å².